The molecule has 0 aliphatic rings. The molecule has 1 unspecified atom stereocenters. The van der Waals surface area contributed by atoms with E-state index < -0.39 is 0 Å². The maximum Gasteiger partial charge on any atom is 0.0894 e. The van der Waals surface area contributed by atoms with E-state index in [-0.39, 0.29) is 6.10 Å². The van der Waals surface area contributed by atoms with Gasteiger partial charge >= 0.3 is 0 Å². The molecule has 0 aliphatic carbocycles. The van der Waals surface area contributed by atoms with E-state index in [1.807, 2.05) is 0 Å². The molecule has 0 amide bonds. The van der Waals surface area contributed by atoms with Gasteiger partial charge in [0.1, 0.15) is 0 Å². The topological polar surface area (TPSA) is 18.5 Å². The fourth-order valence-corrected chi connectivity index (χ4v) is 1.26. The van der Waals surface area contributed by atoms with Crippen LogP contribution < -0.4 is 0 Å². The first-order chi connectivity index (χ1) is 5.35. The number of methoxy groups -OCH3 is 1. The first-order valence-corrected chi connectivity index (χ1v) is 4.95. The Balaban J connectivity index is 3.27. The first-order valence-electron chi connectivity index (χ1n) is 3.55. The molecule has 0 N–H and O–H groups in total. The molecule has 0 aromatic rings. The highest BCUT2D eigenvalue weighted by Gasteiger charge is 2.04. The second-order valence-corrected chi connectivity index (χ2v) is 3.05. The van der Waals surface area contributed by atoms with Crippen molar-refractivity contribution in [2.24, 2.45) is 0 Å². The third-order valence-corrected chi connectivity index (χ3v) is 1.93. The molecule has 0 rings (SSSR count). The highest BCUT2D eigenvalue weighted by atomic mass is 32.2. The fraction of sp³-hybridized carbons (Fsp3) is 0.750. The molecule has 0 aromatic heterocycles. The van der Waals surface area contributed by atoms with Gasteiger partial charge in [-0.15, -0.1) is 6.58 Å². The third kappa shape index (κ3) is 6.41. The summed E-state index contributed by atoms with van der Waals surface area (Å²) in [7, 11) is 1.71. The van der Waals surface area contributed by atoms with Gasteiger partial charge in [-0.3, -0.25) is 0 Å². The molecule has 2 nitrogen and oxygen atoms in total. The lowest BCUT2D eigenvalue weighted by atomic mass is 10.4. The Labute approximate surface area is 73.0 Å². The molecule has 0 heterocycles. The van der Waals surface area contributed by atoms with Crippen molar-refractivity contribution in [1.29, 1.82) is 0 Å². The average molecular weight is 176 g/mol. The van der Waals surface area contributed by atoms with Gasteiger partial charge in [0.05, 0.1) is 19.3 Å². The molecule has 66 valence electrons. The van der Waals surface area contributed by atoms with E-state index in [4.69, 9.17) is 9.47 Å². The van der Waals surface area contributed by atoms with Crippen LogP contribution >= 0.6 is 11.8 Å². The van der Waals surface area contributed by atoms with Crippen molar-refractivity contribution in [1.82, 2.24) is 0 Å². The largest absolute Gasteiger partial charge is 0.378 e. The van der Waals surface area contributed by atoms with Gasteiger partial charge in [0.25, 0.3) is 0 Å². The molecule has 0 aromatic carbocycles. The summed E-state index contributed by atoms with van der Waals surface area (Å²) < 4.78 is 10.4. The quantitative estimate of drug-likeness (QED) is 0.433. The minimum absolute atomic E-state index is 0.213. The van der Waals surface area contributed by atoms with Crippen molar-refractivity contribution in [3.8, 4) is 0 Å². The fourth-order valence-electron chi connectivity index (χ4n) is 0.653. The van der Waals surface area contributed by atoms with Gasteiger partial charge < -0.3 is 9.47 Å². The number of rotatable bonds is 7. The van der Waals surface area contributed by atoms with Crippen molar-refractivity contribution in [2.45, 2.75) is 6.10 Å². The summed E-state index contributed by atoms with van der Waals surface area (Å²) in [6, 6.07) is 0. The SMILES string of the molecule is C=CCOCC(CSC)OC. The molecule has 0 saturated carbocycles. The van der Waals surface area contributed by atoms with Crippen LogP contribution in [0, 0.1) is 0 Å². The first kappa shape index (κ1) is 11.0. The Hall–Kier alpha value is 0.01000. The average Bonchev–Trinajstić information content (AvgIpc) is 2.03. The molecule has 3 heteroatoms. The molecule has 0 spiro atoms. The van der Waals surface area contributed by atoms with Crippen LogP contribution in [0.25, 0.3) is 0 Å². The molecule has 1 atom stereocenters. The predicted octanol–water partition coefficient (Wildman–Crippen LogP) is 1.57. The predicted molar refractivity (Wildman–Crippen MR) is 50.2 cm³/mol. The van der Waals surface area contributed by atoms with Crippen molar-refractivity contribution >= 4 is 11.8 Å². The summed E-state index contributed by atoms with van der Waals surface area (Å²) in [6.07, 6.45) is 4.01. The molecular weight excluding hydrogens is 160 g/mol. The van der Waals surface area contributed by atoms with Crippen LogP contribution in [-0.4, -0.2) is 38.4 Å². The molecule has 0 radical (unpaired) electrons. The van der Waals surface area contributed by atoms with Gasteiger partial charge in [-0.1, -0.05) is 6.08 Å². The molecule has 0 bridgehead atoms. The summed E-state index contributed by atoms with van der Waals surface area (Å²) in [6.45, 7) is 4.82. The lowest BCUT2D eigenvalue weighted by Crippen LogP contribution is -2.20. The molecule has 0 aliphatic heterocycles. The Bertz CT molecular complexity index is 96.1. The molecule has 11 heavy (non-hydrogen) atoms. The summed E-state index contributed by atoms with van der Waals surface area (Å²) >= 11 is 1.76. The second kappa shape index (κ2) is 8.11. The van der Waals surface area contributed by atoms with Crippen LogP contribution in [0.5, 0.6) is 0 Å². The highest BCUT2D eigenvalue weighted by Crippen LogP contribution is 2.00. The zero-order valence-electron chi connectivity index (χ0n) is 7.21. The zero-order chi connectivity index (χ0) is 8.53. The minimum Gasteiger partial charge on any atom is -0.378 e. The maximum atomic E-state index is 5.23. The third-order valence-electron chi connectivity index (χ3n) is 1.23. The summed E-state index contributed by atoms with van der Waals surface area (Å²) in [5.74, 6) is 0.980. The van der Waals surface area contributed by atoms with Gasteiger partial charge in [0.15, 0.2) is 0 Å². The Morgan fingerprint density at radius 3 is 2.82 bits per heavy atom. The Morgan fingerprint density at radius 2 is 2.36 bits per heavy atom. The zero-order valence-corrected chi connectivity index (χ0v) is 8.02. The van der Waals surface area contributed by atoms with Crippen molar-refractivity contribution in [2.75, 3.05) is 32.3 Å². The van der Waals surface area contributed by atoms with Gasteiger partial charge in [0, 0.05) is 12.9 Å². The molecule has 0 fully saturated rings. The van der Waals surface area contributed by atoms with E-state index in [0.717, 1.165) is 5.75 Å². The Kier molecular flexibility index (Phi) is 8.12. The highest BCUT2D eigenvalue weighted by molar-refractivity contribution is 7.98. The van der Waals surface area contributed by atoms with E-state index in [1.54, 1.807) is 24.9 Å². The van der Waals surface area contributed by atoms with Crippen molar-refractivity contribution < 1.29 is 9.47 Å². The summed E-state index contributed by atoms with van der Waals surface area (Å²) in [5, 5.41) is 0. The number of hydrogen-bond donors (Lipinski definition) is 0. The van der Waals surface area contributed by atoms with Crippen LogP contribution in [0.15, 0.2) is 12.7 Å². The van der Waals surface area contributed by atoms with E-state index >= 15 is 0 Å². The van der Waals surface area contributed by atoms with Gasteiger partial charge in [0.2, 0.25) is 0 Å². The number of thioether (sulfide) groups is 1. The maximum absolute atomic E-state index is 5.23. The van der Waals surface area contributed by atoms with Crippen LogP contribution in [0.2, 0.25) is 0 Å². The summed E-state index contributed by atoms with van der Waals surface area (Å²) in [4.78, 5) is 0. The number of ether oxygens (including phenoxy) is 2. The van der Waals surface area contributed by atoms with E-state index in [0.29, 0.717) is 13.2 Å². The lowest BCUT2D eigenvalue weighted by Gasteiger charge is -2.12. The smallest absolute Gasteiger partial charge is 0.0894 e. The van der Waals surface area contributed by atoms with E-state index in [2.05, 4.69) is 12.8 Å². The second-order valence-electron chi connectivity index (χ2n) is 2.14. The molecular formula is C8H16O2S. The monoisotopic (exact) mass is 176 g/mol. The number of hydrogen-bond acceptors (Lipinski definition) is 3. The summed E-state index contributed by atoms with van der Waals surface area (Å²) in [5.41, 5.74) is 0. The van der Waals surface area contributed by atoms with Gasteiger partial charge in [-0.05, 0) is 6.26 Å². The van der Waals surface area contributed by atoms with Crippen LogP contribution in [-0.2, 0) is 9.47 Å². The van der Waals surface area contributed by atoms with E-state index in [9.17, 15) is 0 Å². The van der Waals surface area contributed by atoms with Crippen LogP contribution in [0.1, 0.15) is 0 Å². The normalized spacial score (nSPS) is 12.9. The van der Waals surface area contributed by atoms with Gasteiger partial charge in [-0.25, -0.2) is 0 Å². The van der Waals surface area contributed by atoms with E-state index in [1.165, 1.54) is 0 Å². The van der Waals surface area contributed by atoms with Crippen LogP contribution in [0.3, 0.4) is 0 Å². The molecule has 0 saturated heterocycles. The standard InChI is InChI=1S/C8H16O2S/c1-4-5-10-6-8(9-2)7-11-3/h4,8H,1,5-7H2,2-3H3. The minimum atomic E-state index is 0.213. The van der Waals surface area contributed by atoms with Gasteiger partial charge in [-0.2, -0.15) is 11.8 Å². The van der Waals surface area contributed by atoms with Crippen molar-refractivity contribution in [3.63, 3.8) is 0 Å². The van der Waals surface area contributed by atoms with Crippen LogP contribution in [0.4, 0.5) is 0 Å². The Morgan fingerprint density at radius 1 is 1.64 bits per heavy atom. The lowest BCUT2D eigenvalue weighted by molar-refractivity contribution is 0.0311. The van der Waals surface area contributed by atoms with Crippen molar-refractivity contribution in [3.05, 3.63) is 12.7 Å².